The molecule has 0 saturated heterocycles. The molecule has 2 aliphatic heterocycles. The van der Waals surface area contributed by atoms with E-state index in [9.17, 15) is 14.4 Å². The van der Waals surface area contributed by atoms with Gasteiger partial charge in [-0.1, -0.05) is 12.1 Å². The van der Waals surface area contributed by atoms with Gasteiger partial charge in [-0.2, -0.15) is 5.10 Å². The molecule has 0 unspecified atom stereocenters. The summed E-state index contributed by atoms with van der Waals surface area (Å²) in [4.78, 5) is 42.6. The summed E-state index contributed by atoms with van der Waals surface area (Å²) in [5.41, 5.74) is 0.567. The zero-order valence-electron chi connectivity index (χ0n) is 11.4. The van der Waals surface area contributed by atoms with Gasteiger partial charge in [0, 0.05) is 12.3 Å². The Morgan fingerprint density at radius 1 is 1.27 bits per heavy atom. The predicted octanol–water partition coefficient (Wildman–Crippen LogP) is 1.18. The molecule has 1 aromatic rings. The molecule has 22 heavy (non-hydrogen) atoms. The standard InChI is InChI=1S/C14H10N2O6/c1-7(17)21-22-11(18)6-10-12-13(15-16-14(12)19)8-4-2-3-5-9(8)20-10/h2-5H,6H2,1H3,(H,16,19). The molecule has 0 saturated carbocycles. The second-order valence-electron chi connectivity index (χ2n) is 4.50. The Bertz CT molecular complexity index is 894. The van der Waals surface area contributed by atoms with E-state index in [1.807, 2.05) is 0 Å². The van der Waals surface area contributed by atoms with Gasteiger partial charge < -0.3 is 4.42 Å². The fourth-order valence-corrected chi connectivity index (χ4v) is 2.10. The van der Waals surface area contributed by atoms with Crippen LogP contribution in [0.25, 0.3) is 22.2 Å². The first kappa shape index (κ1) is 13.8. The summed E-state index contributed by atoms with van der Waals surface area (Å²) in [5.74, 6) is -1.54. The highest BCUT2D eigenvalue weighted by Crippen LogP contribution is 2.30. The maximum atomic E-state index is 11.9. The van der Waals surface area contributed by atoms with Crippen molar-refractivity contribution in [1.82, 2.24) is 10.2 Å². The highest BCUT2D eigenvalue weighted by atomic mass is 17.2. The van der Waals surface area contributed by atoms with E-state index in [4.69, 9.17) is 4.42 Å². The maximum Gasteiger partial charge on any atom is 0.363 e. The van der Waals surface area contributed by atoms with Crippen molar-refractivity contribution in [3.63, 3.8) is 0 Å². The number of aromatic nitrogens is 2. The second-order valence-corrected chi connectivity index (χ2v) is 4.50. The summed E-state index contributed by atoms with van der Waals surface area (Å²) in [6.45, 7) is 1.09. The lowest BCUT2D eigenvalue weighted by Gasteiger charge is -2.07. The van der Waals surface area contributed by atoms with Gasteiger partial charge in [0.15, 0.2) is 0 Å². The van der Waals surface area contributed by atoms with E-state index >= 15 is 0 Å². The van der Waals surface area contributed by atoms with Gasteiger partial charge in [-0.3, -0.25) is 4.79 Å². The number of carbonyl (C=O) groups is 2. The van der Waals surface area contributed by atoms with Crippen LogP contribution in [-0.4, -0.2) is 22.1 Å². The highest BCUT2D eigenvalue weighted by molar-refractivity contribution is 5.93. The van der Waals surface area contributed by atoms with Gasteiger partial charge in [-0.05, 0) is 12.1 Å². The first-order valence-corrected chi connectivity index (χ1v) is 6.33. The van der Waals surface area contributed by atoms with Crippen LogP contribution in [0.5, 0.6) is 0 Å². The van der Waals surface area contributed by atoms with Gasteiger partial charge in [-0.25, -0.2) is 24.5 Å². The van der Waals surface area contributed by atoms with E-state index in [1.165, 1.54) is 0 Å². The first-order valence-electron chi connectivity index (χ1n) is 6.33. The van der Waals surface area contributed by atoms with Crippen molar-refractivity contribution in [3.05, 3.63) is 40.4 Å². The highest BCUT2D eigenvalue weighted by Gasteiger charge is 2.24. The molecule has 0 radical (unpaired) electrons. The first-order chi connectivity index (χ1) is 10.6. The molecule has 0 fully saturated rings. The number of H-pyrrole nitrogens is 1. The van der Waals surface area contributed by atoms with Gasteiger partial charge in [-0.15, -0.1) is 0 Å². The number of para-hydroxylation sites is 1. The number of carbonyl (C=O) groups excluding carboxylic acids is 2. The predicted molar refractivity (Wildman–Crippen MR) is 72.8 cm³/mol. The van der Waals surface area contributed by atoms with Gasteiger partial charge >= 0.3 is 11.9 Å². The van der Waals surface area contributed by atoms with Gasteiger partial charge in [0.2, 0.25) is 0 Å². The molecule has 8 nitrogen and oxygen atoms in total. The molecule has 112 valence electrons. The molecule has 2 heterocycles. The molecule has 3 rings (SSSR count). The fourth-order valence-electron chi connectivity index (χ4n) is 2.10. The number of rotatable bonds is 2. The third-order valence-electron chi connectivity index (χ3n) is 2.94. The summed E-state index contributed by atoms with van der Waals surface area (Å²) in [5, 5.41) is 6.93. The zero-order valence-corrected chi connectivity index (χ0v) is 11.4. The minimum absolute atomic E-state index is 0.0876. The van der Waals surface area contributed by atoms with Gasteiger partial charge in [0.1, 0.15) is 29.0 Å². The van der Waals surface area contributed by atoms with E-state index in [-0.39, 0.29) is 17.7 Å². The van der Waals surface area contributed by atoms with Crippen molar-refractivity contribution in [3.8, 4) is 11.3 Å². The Labute approximate surface area is 122 Å². The normalized spacial score (nSPS) is 10.8. The van der Waals surface area contributed by atoms with Crippen LogP contribution in [-0.2, 0) is 25.8 Å². The molecule has 0 bridgehead atoms. The van der Waals surface area contributed by atoms with Gasteiger partial charge in [0.05, 0.1) is 0 Å². The Hall–Kier alpha value is -3.16. The second kappa shape index (κ2) is 5.32. The van der Waals surface area contributed by atoms with E-state index < -0.39 is 17.5 Å². The molecule has 1 N–H and O–H groups in total. The minimum atomic E-state index is -0.865. The zero-order chi connectivity index (χ0) is 15.7. The number of hydrogen-bond donors (Lipinski definition) is 1. The molecule has 0 aromatic heterocycles. The summed E-state index contributed by atoms with van der Waals surface area (Å²) in [6, 6.07) is 6.98. The number of fused-ring (bicyclic) bond motifs is 3. The SMILES string of the molecule is CC(=O)OOC(=O)Cc1oc2ccccc2c2n[nH]c(=O)c1-2. The number of hydrogen-bond acceptors (Lipinski definition) is 7. The van der Waals surface area contributed by atoms with Crippen molar-refractivity contribution in [2.24, 2.45) is 0 Å². The van der Waals surface area contributed by atoms with Crippen LogP contribution < -0.4 is 5.56 Å². The Balaban J connectivity index is 2.04. The minimum Gasteiger partial charge on any atom is -0.459 e. The molecule has 0 spiro atoms. The lowest BCUT2D eigenvalue weighted by molar-refractivity contribution is -0.256. The largest absolute Gasteiger partial charge is 0.459 e. The van der Waals surface area contributed by atoms with Crippen molar-refractivity contribution in [1.29, 1.82) is 0 Å². The van der Waals surface area contributed by atoms with Crippen LogP contribution in [0.15, 0.2) is 33.5 Å². The topological polar surface area (TPSA) is 111 Å². The average molecular weight is 302 g/mol. The van der Waals surface area contributed by atoms with Crippen LogP contribution in [0.1, 0.15) is 12.7 Å². The number of nitrogens with zero attached hydrogens (tertiary/aromatic N) is 1. The molecule has 1 aromatic carbocycles. The summed E-state index contributed by atoms with van der Waals surface area (Å²) in [7, 11) is 0. The molecule has 0 aliphatic carbocycles. The average Bonchev–Trinajstić information content (AvgIpc) is 2.88. The quantitative estimate of drug-likeness (QED) is 0.559. The number of benzene rings is 1. The fraction of sp³-hybridized carbons (Fsp3) is 0.143. The van der Waals surface area contributed by atoms with Gasteiger partial charge in [0.25, 0.3) is 5.56 Å². The smallest absolute Gasteiger partial charge is 0.363 e. The maximum absolute atomic E-state index is 11.9. The number of nitrogens with one attached hydrogen (secondary N) is 1. The third kappa shape index (κ3) is 2.41. The Kier molecular flexibility index (Phi) is 3.34. The van der Waals surface area contributed by atoms with E-state index in [0.717, 1.165) is 6.92 Å². The number of aromatic amines is 1. The Morgan fingerprint density at radius 3 is 2.82 bits per heavy atom. The van der Waals surface area contributed by atoms with Crippen LogP contribution >= 0.6 is 0 Å². The Morgan fingerprint density at radius 2 is 2.05 bits per heavy atom. The molecular formula is C14H10N2O6. The molecule has 0 amide bonds. The van der Waals surface area contributed by atoms with Crippen LogP contribution in [0, 0.1) is 0 Å². The molecular weight excluding hydrogens is 292 g/mol. The third-order valence-corrected chi connectivity index (χ3v) is 2.94. The van der Waals surface area contributed by atoms with E-state index in [2.05, 4.69) is 20.0 Å². The van der Waals surface area contributed by atoms with Crippen LogP contribution in [0.4, 0.5) is 0 Å². The van der Waals surface area contributed by atoms with Crippen molar-refractivity contribution in [2.45, 2.75) is 13.3 Å². The van der Waals surface area contributed by atoms with Crippen molar-refractivity contribution >= 4 is 22.9 Å². The monoisotopic (exact) mass is 302 g/mol. The summed E-state index contributed by atoms with van der Waals surface area (Å²) < 4.78 is 5.59. The van der Waals surface area contributed by atoms with Crippen molar-refractivity contribution < 1.29 is 23.8 Å². The van der Waals surface area contributed by atoms with E-state index in [0.29, 0.717) is 16.7 Å². The van der Waals surface area contributed by atoms with Crippen LogP contribution in [0.2, 0.25) is 0 Å². The molecule has 0 atom stereocenters. The van der Waals surface area contributed by atoms with E-state index in [1.54, 1.807) is 24.3 Å². The molecule has 2 aliphatic rings. The lowest BCUT2D eigenvalue weighted by Crippen LogP contribution is -2.13. The lowest BCUT2D eigenvalue weighted by atomic mass is 10.1. The molecule has 8 heteroatoms. The van der Waals surface area contributed by atoms with Crippen molar-refractivity contribution in [2.75, 3.05) is 0 Å². The summed E-state index contributed by atoms with van der Waals surface area (Å²) in [6.07, 6.45) is -0.372. The van der Waals surface area contributed by atoms with Crippen LogP contribution in [0.3, 0.4) is 0 Å². The summed E-state index contributed by atoms with van der Waals surface area (Å²) >= 11 is 0.